The van der Waals surface area contributed by atoms with Gasteiger partial charge in [-0.05, 0) is 49.2 Å². The number of carbonyl (C=O) groups excluding carboxylic acids is 1. The van der Waals surface area contributed by atoms with Crippen molar-refractivity contribution in [3.8, 4) is 12.3 Å². The number of rotatable bonds is 2. The first-order valence-corrected chi connectivity index (χ1v) is 9.69. The van der Waals surface area contributed by atoms with Crippen LogP contribution in [0.25, 0.3) is 20.4 Å². The first-order chi connectivity index (χ1) is 12.6. The molecule has 0 bridgehead atoms. The number of hydrogen-bond acceptors (Lipinski definition) is 4. The normalized spacial score (nSPS) is 12.0. The van der Waals surface area contributed by atoms with E-state index in [1.165, 1.54) is 33.8 Å². The van der Waals surface area contributed by atoms with Crippen molar-refractivity contribution in [3.05, 3.63) is 57.3 Å². The van der Waals surface area contributed by atoms with E-state index < -0.39 is 0 Å². The zero-order valence-electron chi connectivity index (χ0n) is 14.3. The summed E-state index contributed by atoms with van der Waals surface area (Å²) in [5.74, 6) is 2.32. The third-order valence-electron chi connectivity index (χ3n) is 4.22. The standard InChI is InChI=1S/C20H15N3OS2/c1-4-9-23-15-10-12(2)13(3)11-17(15)26-20(23)22-18(24)19-21-14-7-5-6-8-16(14)25-19/h1,5-8,10-11H,9H2,2-3H3. The highest BCUT2D eigenvalue weighted by Crippen LogP contribution is 2.24. The number of aromatic nitrogens is 2. The molecular formula is C20H15N3OS2. The molecule has 6 heteroatoms. The van der Waals surface area contributed by atoms with Gasteiger partial charge in [-0.25, -0.2) is 4.98 Å². The Hall–Kier alpha value is -2.75. The minimum Gasteiger partial charge on any atom is -0.305 e. The molecular weight excluding hydrogens is 362 g/mol. The molecule has 26 heavy (non-hydrogen) atoms. The van der Waals surface area contributed by atoms with E-state index in [9.17, 15) is 4.79 Å². The molecule has 0 radical (unpaired) electrons. The summed E-state index contributed by atoms with van der Waals surface area (Å²) >= 11 is 2.83. The molecule has 0 unspecified atom stereocenters. The van der Waals surface area contributed by atoms with Crippen LogP contribution < -0.4 is 4.80 Å². The number of aryl methyl sites for hydroxylation is 2. The average molecular weight is 377 g/mol. The number of carbonyl (C=O) groups is 1. The van der Waals surface area contributed by atoms with Crippen molar-refractivity contribution in [2.75, 3.05) is 0 Å². The molecule has 0 atom stereocenters. The van der Waals surface area contributed by atoms with Gasteiger partial charge in [-0.1, -0.05) is 29.4 Å². The summed E-state index contributed by atoms with van der Waals surface area (Å²) in [5, 5.41) is 0.392. The molecule has 2 aromatic heterocycles. The zero-order chi connectivity index (χ0) is 18.3. The third kappa shape index (κ3) is 2.85. The SMILES string of the molecule is C#CCn1c(=NC(=O)c2nc3ccccc3s2)sc2cc(C)c(C)cc21. The van der Waals surface area contributed by atoms with Gasteiger partial charge in [0.1, 0.15) is 0 Å². The van der Waals surface area contributed by atoms with Crippen LogP contribution in [0.5, 0.6) is 0 Å². The summed E-state index contributed by atoms with van der Waals surface area (Å²) < 4.78 is 3.96. The van der Waals surface area contributed by atoms with Crippen LogP contribution in [-0.4, -0.2) is 15.5 Å². The molecule has 0 aliphatic carbocycles. The Labute approximate surface area is 158 Å². The fourth-order valence-electron chi connectivity index (χ4n) is 2.75. The predicted octanol–water partition coefficient (Wildman–Crippen LogP) is 4.30. The predicted molar refractivity (Wildman–Crippen MR) is 108 cm³/mol. The first-order valence-electron chi connectivity index (χ1n) is 8.05. The minimum atomic E-state index is -0.336. The molecule has 0 aliphatic heterocycles. The molecule has 0 saturated heterocycles. The maximum Gasteiger partial charge on any atom is 0.308 e. The van der Waals surface area contributed by atoms with Crippen molar-refractivity contribution in [2.24, 2.45) is 4.99 Å². The van der Waals surface area contributed by atoms with E-state index in [0.717, 1.165) is 20.4 Å². The number of fused-ring (bicyclic) bond motifs is 2. The number of hydrogen-bond donors (Lipinski definition) is 0. The highest BCUT2D eigenvalue weighted by Gasteiger charge is 2.13. The van der Waals surface area contributed by atoms with Gasteiger partial charge in [-0.15, -0.1) is 17.8 Å². The maximum atomic E-state index is 12.7. The van der Waals surface area contributed by atoms with E-state index in [2.05, 4.69) is 41.9 Å². The Kier molecular flexibility index (Phi) is 4.19. The van der Waals surface area contributed by atoms with E-state index in [1.807, 2.05) is 28.8 Å². The van der Waals surface area contributed by atoms with E-state index in [4.69, 9.17) is 6.42 Å². The van der Waals surface area contributed by atoms with E-state index in [1.54, 1.807) is 0 Å². The quantitative estimate of drug-likeness (QED) is 0.489. The second-order valence-electron chi connectivity index (χ2n) is 5.98. The van der Waals surface area contributed by atoms with Crippen molar-refractivity contribution < 1.29 is 4.79 Å². The molecule has 1 amide bonds. The number of benzene rings is 2. The van der Waals surface area contributed by atoms with Gasteiger partial charge in [0, 0.05) is 0 Å². The molecule has 4 aromatic rings. The molecule has 4 nitrogen and oxygen atoms in total. The van der Waals surface area contributed by atoms with Crippen LogP contribution in [-0.2, 0) is 6.54 Å². The fourth-order valence-corrected chi connectivity index (χ4v) is 4.71. The largest absolute Gasteiger partial charge is 0.308 e. The van der Waals surface area contributed by atoms with Gasteiger partial charge in [0.2, 0.25) is 0 Å². The van der Waals surface area contributed by atoms with Gasteiger partial charge in [0.25, 0.3) is 0 Å². The highest BCUT2D eigenvalue weighted by molar-refractivity contribution is 7.20. The fraction of sp³-hybridized carbons (Fsp3) is 0.150. The van der Waals surface area contributed by atoms with Crippen LogP contribution in [0, 0.1) is 26.2 Å². The average Bonchev–Trinajstić information content (AvgIpc) is 3.18. The molecule has 0 spiro atoms. The first kappa shape index (κ1) is 16.7. The maximum absolute atomic E-state index is 12.7. The van der Waals surface area contributed by atoms with Crippen molar-refractivity contribution >= 4 is 49.0 Å². The van der Waals surface area contributed by atoms with Gasteiger partial charge in [-0.2, -0.15) is 4.99 Å². The lowest BCUT2D eigenvalue weighted by atomic mass is 10.1. The summed E-state index contributed by atoms with van der Waals surface area (Å²) in [6.07, 6.45) is 5.54. The second-order valence-corrected chi connectivity index (χ2v) is 8.02. The topological polar surface area (TPSA) is 47.2 Å². The van der Waals surface area contributed by atoms with Crippen LogP contribution in [0.3, 0.4) is 0 Å². The lowest BCUT2D eigenvalue weighted by Crippen LogP contribution is -2.16. The summed E-state index contributed by atoms with van der Waals surface area (Å²) in [5.41, 5.74) is 4.21. The molecule has 128 valence electrons. The summed E-state index contributed by atoms with van der Waals surface area (Å²) in [6.45, 7) is 4.51. The highest BCUT2D eigenvalue weighted by atomic mass is 32.1. The van der Waals surface area contributed by atoms with E-state index >= 15 is 0 Å². The van der Waals surface area contributed by atoms with Crippen LogP contribution in [0.15, 0.2) is 41.4 Å². The van der Waals surface area contributed by atoms with Gasteiger partial charge < -0.3 is 4.57 Å². The van der Waals surface area contributed by atoms with Crippen molar-refractivity contribution in [1.29, 1.82) is 0 Å². The second kappa shape index (κ2) is 6.52. The summed E-state index contributed by atoms with van der Waals surface area (Å²) in [6, 6.07) is 11.9. The van der Waals surface area contributed by atoms with Gasteiger partial charge in [0.15, 0.2) is 9.81 Å². The Morgan fingerprint density at radius 2 is 1.96 bits per heavy atom. The molecule has 0 fully saturated rings. The number of thiazole rings is 2. The number of amides is 1. The van der Waals surface area contributed by atoms with Crippen LogP contribution in [0.4, 0.5) is 0 Å². The van der Waals surface area contributed by atoms with Gasteiger partial charge in [-0.3, -0.25) is 4.79 Å². The van der Waals surface area contributed by atoms with Gasteiger partial charge >= 0.3 is 5.91 Å². The summed E-state index contributed by atoms with van der Waals surface area (Å²) in [7, 11) is 0. The molecule has 0 saturated carbocycles. The van der Waals surface area contributed by atoms with E-state index in [-0.39, 0.29) is 5.91 Å². The molecule has 0 N–H and O–H groups in total. The lowest BCUT2D eigenvalue weighted by molar-refractivity contribution is 0.0997. The Morgan fingerprint density at radius 3 is 2.73 bits per heavy atom. The van der Waals surface area contributed by atoms with E-state index in [0.29, 0.717) is 16.4 Å². The van der Waals surface area contributed by atoms with Crippen molar-refractivity contribution in [3.63, 3.8) is 0 Å². The molecule has 2 aromatic carbocycles. The minimum absolute atomic E-state index is 0.336. The number of para-hydroxylation sites is 1. The molecule has 2 heterocycles. The van der Waals surface area contributed by atoms with Crippen LogP contribution in [0.1, 0.15) is 20.9 Å². The van der Waals surface area contributed by atoms with Gasteiger partial charge in [0.05, 0.1) is 27.0 Å². The zero-order valence-corrected chi connectivity index (χ0v) is 15.9. The molecule has 4 rings (SSSR count). The Bertz CT molecular complexity index is 1230. The number of nitrogens with zero attached hydrogens (tertiary/aromatic N) is 3. The van der Waals surface area contributed by atoms with Crippen LogP contribution >= 0.6 is 22.7 Å². The van der Waals surface area contributed by atoms with Crippen molar-refractivity contribution in [1.82, 2.24) is 9.55 Å². The van der Waals surface area contributed by atoms with Crippen LogP contribution in [0.2, 0.25) is 0 Å². The summed E-state index contributed by atoms with van der Waals surface area (Å²) in [4.78, 5) is 22.0. The van der Waals surface area contributed by atoms with Crippen molar-refractivity contribution in [2.45, 2.75) is 20.4 Å². The number of terminal acetylenes is 1. The monoisotopic (exact) mass is 377 g/mol. The third-order valence-corrected chi connectivity index (χ3v) is 6.29. The lowest BCUT2D eigenvalue weighted by Gasteiger charge is -2.03. The smallest absolute Gasteiger partial charge is 0.305 e. The Balaban J connectivity index is 1.87. The Morgan fingerprint density at radius 1 is 1.19 bits per heavy atom. The molecule has 0 aliphatic rings.